The smallest absolute Gasteiger partial charge is 0.221 e. The third-order valence-corrected chi connectivity index (χ3v) is 6.16. The number of hydrogen-bond donors (Lipinski definition) is 0. The summed E-state index contributed by atoms with van der Waals surface area (Å²) in [5.41, 5.74) is 4.04. The molecule has 32 heavy (non-hydrogen) atoms. The van der Waals surface area contributed by atoms with Crippen LogP contribution in [-0.2, 0) is 16.1 Å². The molecule has 1 aromatic heterocycles. The molecule has 5 nitrogen and oxygen atoms in total. The lowest BCUT2D eigenvalue weighted by Gasteiger charge is -2.38. The van der Waals surface area contributed by atoms with E-state index in [-0.39, 0.29) is 5.82 Å². The Balaban J connectivity index is 1.35. The molecule has 166 valence electrons. The lowest BCUT2D eigenvalue weighted by molar-refractivity contribution is -0.169. The number of aromatic nitrogens is 1. The minimum absolute atomic E-state index is 0.249. The van der Waals surface area contributed by atoms with Gasteiger partial charge in [0.25, 0.3) is 0 Å². The molecule has 0 unspecified atom stereocenters. The van der Waals surface area contributed by atoms with Gasteiger partial charge in [-0.15, -0.1) is 0 Å². The summed E-state index contributed by atoms with van der Waals surface area (Å²) in [6, 6.07) is 19.2. The van der Waals surface area contributed by atoms with Gasteiger partial charge in [0.05, 0.1) is 18.9 Å². The van der Waals surface area contributed by atoms with Gasteiger partial charge in [-0.05, 0) is 42.3 Å². The molecule has 0 saturated carbocycles. The van der Waals surface area contributed by atoms with Gasteiger partial charge in [0, 0.05) is 37.2 Å². The van der Waals surface area contributed by atoms with Gasteiger partial charge >= 0.3 is 0 Å². The Morgan fingerprint density at radius 1 is 1.00 bits per heavy atom. The monoisotopic (exact) mass is 434 g/mol. The van der Waals surface area contributed by atoms with Crippen LogP contribution in [0.2, 0.25) is 0 Å². The van der Waals surface area contributed by atoms with Crippen molar-refractivity contribution < 1.29 is 18.6 Å². The molecule has 0 radical (unpaired) electrons. The predicted molar refractivity (Wildman–Crippen MR) is 121 cm³/mol. The highest BCUT2D eigenvalue weighted by Crippen LogP contribution is 2.36. The van der Waals surface area contributed by atoms with E-state index in [1.54, 1.807) is 6.07 Å². The van der Waals surface area contributed by atoms with Crippen LogP contribution in [0.5, 0.6) is 5.88 Å². The van der Waals surface area contributed by atoms with Crippen molar-refractivity contribution in [1.82, 2.24) is 4.98 Å². The zero-order chi connectivity index (χ0) is 22.0. The summed E-state index contributed by atoms with van der Waals surface area (Å²) in [5, 5.41) is 0. The minimum Gasteiger partial charge on any atom is -0.472 e. The molecule has 6 heteroatoms. The van der Waals surface area contributed by atoms with Crippen molar-refractivity contribution in [3.8, 4) is 17.0 Å². The second kappa shape index (κ2) is 8.88. The Morgan fingerprint density at radius 3 is 2.47 bits per heavy atom. The fourth-order valence-electron chi connectivity index (χ4n) is 4.39. The van der Waals surface area contributed by atoms with Gasteiger partial charge in [-0.3, -0.25) is 0 Å². The molecule has 3 heterocycles. The predicted octanol–water partition coefficient (Wildman–Crippen LogP) is 5.12. The molecule has 5 rings (SSSR count). The summed E-state index contributed by atoms with van der Waals surface area (Å²) in [7, 11) is 0. The lowest BCUT2D eigenvalue weighted by Crippen LogP contribution is -2.45. The van der Waals surface area contributed by atoms with Gasteiger partial charge < -0.3 is 19.1 Å². The van der Waals surface area contributed by atoms with Crippen molar-refractivity contribution in [2.45, 2.75) is 32.2 Å². The van der Waals surface area contributed by atoms with E-state index in [1.165, 1.54) is 0 Å². The summed E-state index contributed by atoms with van der Waals surface area (Å²) in [6.07, 6.45) is 1.49. The zero-order valence-corrected chi connectivity index (χ0v) is 18.2. The van der Waals surface area contributed by atoms with Crippen LogP contribution in [0.1, 0.15) is 24.1 Å². The molecule has 2 saturated heterocycles. The molecule has 2 fully saturated rings. The number of anilines is 1. The maximum atomic E-state index is 15.2. The van der Waals surface area contributed by atoms with Crippen molar-refractivity contribution in [1.29, 1.82) is 0 Å². The molecule has 2 aromatic carbocycles. The van der Waals surface area contributed by atoms with Crippen molar-refractivity contribution >= 4 is 5.69 Å². The summed E-state index contributed by atoms with van der Waals surface area (Å²) in [5.74, 6) is -0.205. The van der Waals surface area contributed by atoms with E-state index >= 15 is 4.39 Å². The highest BCUT2D eigenvalue weighted by molar-refractivity contribution is 5.71. The first kappa shape index (κ1) is 20.9. The molecule has 1 spiro atoms. The Bertz CT molecular complexity index is 1070. The molecule has 0 N–H and O–H groups in total. The van der Waals surface area contributed by atoms with E-state index < -0.39 is 5.79 Å². The maximum Gasteiger partial charge on any atom is 0.221 e. The molecular weight excluding hydrogens is 407 g/mol. The number of ether oxygens (including phenoxy) is 3. The Morgan fingerprint density at radius 2 is 1.75 bits per heavy atom. The van der Waals surface area contributed by atoms with Crippen LogP contribution in [0.3, 0.4) is 0 Å². The summed E-state index contributed by atoms with van der Waals surface area (Å²) in [4.78, 5) is 6.63. The topological polar surface area (TPSA) is 43.8 Å². The molecule has 0 aliphatic carbocycles. The highest BCUT2D eigenvalue weighted by Gasteiger charge is 2.40. The number of pyridine rings is 1. The molecular formula is C26H27FN2O3. The van der Waals surface area contributed by atoms with Crippen LogP contribution < -0.4 is 9.64 Å². The van der Waals surface area contributed by atoms with Gasteiger partial charge in [-0.2, -0.15) is 0 Å². The summed E-state index contributed by atoms with van der Waals surface area (Å²) in [6.45, 7) is 5.01. The molecule has 0 bridgehead atoms. The van der Waals surface area contributed by atoms with Gasteiger partial charge in [0.1, 0.15) is 12.4 Å². The number of aryl methyl sites for hydroxylation is 1. The van der Waals surface area contributed by atoms with Crippen LogP contribution >= 0.6 is 0 Å². The van der Waals surface area contributed by atoms with Crippen LogP contribution in [0.15, 0.2) is 60.7 Å². The molecule has 2 aliphatic rings. The lowest BCUT2D eigenvalue weighted by atomic mass is 10.0. The van der Waals surface area contributed by atoms with Gasteiger partial charge in [0.2, 0.25) is 5.88 Å². The average Bonchev–Trinajstić information content (AvgIpc) is 3.27. The first-order chi connectivity index (χ1) is 15.6. The average molecular weight is 435 g/mol. The van der Waals surface area contributed by atoms with Gasteiger partial charge in [-0.1, -0.05) is 36.4 Å². The number of piperidine rings is 1. The Labute approximate surface area is 187 Å². The number of halogens is 1. The van der Waals surface area contributed by atoms with Crippen LogP contribution in [-0.4, -0.2) is 37.1 Å². The Hall–Kier alpha value is -2.96. The van der Waals surface area contributed by atoms with E-state index in [1.807, 2.05) is 61.5 Å². The van der Waals surface area contributed by atoms with E-state index in [0.717, 1.165) is 35.2 Å². The number of benzene rings is 2. The number of rotatable bonds is 5. The first-order valence-electron chi connectivity index (χ1n) is 11.1. The third kappa shape index (κ3) is 4.33. The van der Waals surface area contributed by atoms with Gasteiger partial charge in [-0.25, -0.2) is 9.37 Å². The Kier molecular flexibility index (Phi) is 5.81. The highest BCUT2D eigenvalue weighted by atomic mass is 19.1. The van der Waals surface area contributed by atoms with E-state index in [4.69, 9.17) is 14.2 Å². The number of hydrogen-bond acceptors (Lipinski definition) is 5. The molecule has 3 aromatic rings. The van der Waals surface area contributed by atoms with Crippen molar-refractivity contribution in [3.63, 3.8) is 0 Å². The second-order valence-electron chi connectivity index (χ2n) is 8.34. The van der Waals surface area contributed by atoms with Crippen LogP contribution in [0.25, 0.3) is 11.1 Å². The van der Waals surface area contributed by atoms with E-state index in [2.05, 4.69) is 9.88 Å². The quantitative estimate of drug-likeness (QED) is 0.558. The van der Waals surface area contributed by atoms with Crippen molar-refractivity contribution in [3.05, 3.63) is 77.7 Å². The van der Waals surface area contributed by atoms with Crippen LogP contribution in [0.4, 0.5) is 10.1 Å². The SMILES string of the molecule is Cc1ccc(-c2ccc(N3CCC4(CC3)OCCO4)c(F)c2)c(OCc2ccccc2)n1. The molecule has 0 atom stereocenters. The van der Waals surface area contributed by atoms with E-state index in [0.29, 0.717) is 44.5 Å². The summed E-state index contributed by atoms with van der Waals surface area (Å²) < 4.78 is 32.8. The minimum atomic E-state index is -0.467. The van der Waals surface area contributed by atoms with Crippen LogP contribution in [0, 0.1) is 12.7 Å². The fraction of sp³-hybridized carbons (Fsp3) is 0.346. The zero-order valence-electron chi connectivity index (χ0n) is 18.2. The fourth-order valence-corrected chi connectivity index (χ4v) is 4.39. The molecule has 2 aliphatic heterocycles. The summed E-state index contributed by atoms with van der Waals surface area (Å²) >= 11 is 0. The van der Waals surface area contributed by atoms with Gasteiger partial charge in [0.15, 0.2) is 5.79 Å². The number of nitrogens with zero attached hydrogens (tertiary/aromatic N) is 2. The third-order valence-electron chi connectivity index (χ3n) is 6.16. The maximum absolute atomic E-state index is 15.2. The molecule has 0 amide bonds. The van der Waals surface area contributed by atoms with Crippen molar-refractivity contribution in [2.75, 3.05) is 31.2 Å². The second-order valence-corrected chi connectivity index (χ2v) is 8.34. The van der Waals surface area contributed by atoms with Crippen molar-refractivity contribution in [2.24, 2.45) is 0 Å². The standard InChI is InChI=1S/C26H27FN2O3/c1-19-7-9-22(25(28-19)30-18-20-5-3-2-4-6-20)21-8-10-24(23(27)17-21)29-13-11-26(12-14-29)31-15-16-32-26/h2-10,17H,11-16,18H2,1H3. The normalized spacial score (nSPS) is 17.6. The van der Waals surface area contributed by atoms with E-state index in [9.17, 15) is 0 Å². The first-order valence-corrected chi connectivity index (χ1v) is 11.1. The largest absolute Gasteiger partial charge is 0.472 e.